The van der Waals surface area contributed by atoms with Gasteiger partial charge in [0.15, 0.2) is 0 Å². The highest BCUT2D eigenvalue weighted by molar-refractivity contribution is 7.47. The molecule has 0 saturated heterocycles. The molecule has 0 aromatic carbocycles. The number of phosphoric ester groups is 1. The summed E-state index contributed by atoms with van der Waals surface area (Å²) in [6, 6.07) is 0. The van der Waals surface area contributed by atoms with Crippen LogP contribution in [0.5, 0.6) is 0 Å². The normalized spacial score (nSPS) is 16.0. The van der Waals surface area contributed by atoms with Crippen molar-refractivity contribution in [3.8, 4) is 0 Å². The summed E-state index contributed by atoms with van der Waals surface area (Å²) in [7, 11) is 2.06. The van der Waals surface area contributed by atoms with Crippen LogP contribution in [0.4, 0.5) is 0 Å². The van der Waals surface area contributed by atoms with Crippen LogP contribution in [0.25, 0.3) is 0 Å². The predicted octanol–water partition coefficient (Wildman–Crippen LogP) is 1.40. The first-order valence-electron chi connectivity index (χ1n) is 4.80. The highest BCUT2D eigenvalue weighted by Crippen LogP contribution is 2.42. The summed E-state index contributed by atoms with van der Waals surface area (Å²) in [4.78, 5) is 9.21. The van der Waals surface area contributed by atoms with Crippen LogP contribution >= 0.6 is 7.82 Å². The fraction of sp³-hybridized carbons (Fsp3) is 0.778. The van der Waals surface area contributed by atoms with E-state index in [0.29, 0.717) is 17.4 Å². The van der Waals surface area contributed by atoms with E-state index in [1.165, 1.54) is 0 Å². The molecule has 0 aromatic rings. The lowest BCUT2D eigenvalue weighted by Gasteiger charge is -2.23. The third-order valence-electron chi connectivity index (χ3n) is 1.59. The average molecular weight is 238 g/mol. The van der Waals surface area contributed by atoms with Gasteiger partial charge in [0.05, 0.1) is 27.7 Å². The second kappa shape index (κ2) is 6.40. The molecule has 0 fully saturated rings. The molecule has 0 aliphatic rings. The van der Waals surface area contributed by atoms with Crippen LogP contribution in [0.3, 0.4) is 0 Å². The Hall–Kier alpha value is -0.190. The first kappa shape index (κ1) is 14.8. The van der Waals surface area contributed by atoms with Crippen LogP contribution in [0.2, 0.25) is 0 Å². The van der Waals surface area contributed by atoms with Crippen molar-refractivity contribution < 1.29 is 23.0 Å². The van der Waals surface area contributed by atoms with Gasteiger partial charge in [-0.25, -0.2) is 4.57 Å². The van der Waals surface area contributed by atoms with E-state index in [9.17, 15) is 9.46 Å². The monoisotopic (exact) mass is 238 g/mol. The highest BCUT2D eigenvalue weighted by atomic mass is 31.2. The smallest absolute Gasteiger partial charge is 0.329 e. The maximum absolute atomic E-state index is 11.2. The molecule has 1 unspecified atom stereocenters. The largest absolute Gasteiger partial charge is 0.472 e. The quantitative estimate of drug-likeness (QED) is 0.300. The Labute approximate surface area is 91.5 Å². The number of hydrogen-bond donors (Lipinski definition) is 1. The van der Waals surface area contributed by atoms with Crippen molar-refractivity contribution in [1.29, 1.82) is 0 Å². The molecule has 1 atom stereocenters. The summed E-state index contributed by atoms with van der Waals surface area (Å²) < 4.78 is 21.4. The Balaban J connectivity index is 3.74. The molecule has 0 saturated carbocycles. The Bertz CT molecular complexity index is 237. The summed E-state index contributed by atoms with van der Waals surface area (Å²) >= 11 is 0. The van der Waals surface area contributed by atoms with Gasteiger partial charge in [0.2, 0.25) is 0 Å². The summed E-state index contributed by atoms with van der Waals surface area (Å²) in [6.45, 7) is 4.48. The van der Waals surface area contributed by atoms with Gasteiger partial charge in [-0.15, -0.1) is 6.58 Å². The second-order valence-electron chi connectivity index (χ2n) is 4.23. The van der Waals surface area contributed by atoms with Crippen LogP contribution in [-0.4, -0.2) is 50.3 Å². The Kier molecular flexibility index (Phi) is 6.32. The van der Waals surface area contributed by atoms with Crippen LogP contribution in [-0.2, 0) is 13.6 Å². The third kappa shape index (κ3) is 10.1. The van der Waals surface area contributed by atoms with E-state index >= 15 is 0 Å². The zero-order chi connectivity index (χ0) is 11.9. The fourth-order valence-electron chi connectivity index (χ4n) is 0.719. The van der Waals surface area contributed by atoms with Crippen LogP contribution in [0.15, 0.2) is 12.7 Å². The van der Waals surface area contributed by atoms with Crippen molar-refractivity contribution in [3.05, 3.63) is 12.7 Å². The summed E-state index contributed by atoms with van der Waals surface area (Å²) in [5.41, 5.74) is 0. The molecule has 0 aliphatic heterocycles. The van der Waals surface area contributed by atoms with E-state index in [2.05, 4.69) is 6.58 Å². The third-order valence-corrected chi connectivity index (χ3v) is 2.61. The minimum atomic E-state index is -3.87. The van der Waals surface area contributed by atoms with E-state index in [1.54, 1.807) is 6.08 Å². The molecule has 0 amide bonds. The van der Waals surface area contributed by atoms with Gasteiger partial charge >= 0.3 is 7.82 Å². The van der Waals surface area contributed by atoms with Crippen molar-refractivity contribution in [1.82, 2.24) is 0 Å². The fourth-order valence-corrected chi connectivity index (χ4v) is 1.44. The lowest BCUT2D eigenvalue weighted by molar-refractivity contribution is -0.870. The molecule has 0 radical (unpaired) electrons. The summed E-state index contributed by atoms with van der Waals surface area (Å²) in [5.74, 6) is 0. The van der Waals surface area contributed by atoms with Crippen molar-refractivity contribution in [2.75, 3.05) is 40.9 Å². The summed E-state index contributed by atoms with van der Waals surface area (Å²) in [5, 5.41) is 0. The lowest BCUT2D eigenvalue weighted by Crippen LogP contribution is -2.37. The number of hydrogen-bond acceptors (Lipinski definition) is 3. The minimum absolute atomic E-state index is 0.154. The summed E-state index contributed by atoms with van der Waals surface area (Å²) in [6.07, 6.45) is 2.15. The van der Waals surface area contributed by atoms with Crippen molar-refractivity contribution in [2.45, 2.75) is 6.42 Å². The van der Waals surface area contributed by atoms with Crippen molar-refractivity contribution in [3.63, 3.8) is 0 Å². The van der Waals surface area contributed by atoms with Crippen LogP contribution in [0.1, 0.15) is 6.42 Å². The van der Waals surface area contributed by atoms with Gasteiger partial charge < -0.3 is 9.38 Å². The molecule has 0 rings (SSSR count). The minimum Gasteiger partial charge on any atom is -0.329 e. The topological polar surface area (TPSA) is 55.8 Å². The number of phosphoric acid groups is 1. The van der Waals surface area contributed by atoms with Crippen LogP contribution < -0.4 is 0 Å². The van der Waals surface area contributed by atoms with Crippen molar-refractivity contribution in [2.24, 2.45) is 0 Å². The maximum Gasteiger partial charge on any atom is 0.472 e. The average Bonchev–Trinajstić information content (AvgIpc) is 2.01. The molecule has 0 aromatic heterocycles. The van der Waals surface area contributed by atoms with Gasteiger partial charge in [-0.1, -0.05) is 6.08 Å². The van der Waals surface area contributed by atoms with E-state index < -0.39 is 7.82 Å². The number of quaternary nitrogens is 1. The molecule has 0 aliphatic carbocycles. The molecule has 0 spiro atoms. The Morgan fingerprint density at radius 3 is 2.33 bits per heavy atom. The molecule has 90 valence electrons. The number of likely N-dealkylation sites (N-methyl/N-ethyl adjacent to an activating group) is 1. The van der Waals surface area contributed by atoms with Gasteiger partial charge in [0, 0.05) is 0 Å². The first-order chi connectivity index (χ1) is 6.77. The van der Waals surface area contributed by atoms with E-state index in [1.807, 2.05) is 21.1 Å². The first-order valence-corrected chi connectivity index (χ1v) is 6.29. The highest BCUT2D eigenvalue weighted by Gasteiger charge is 2.21. The second-order valence-corrected chi connectivity index (χ2v) is 5.68. The molecule has 15 heavy (non-hydrogen) atoms. The number of nitrogens with zero attached hydrogens (tertiary/aromatic N) is 1. The van der Waals surface area contributed by atoms with Gasteiger partial charge in [0.1, 0.15) is 13.2 Å². The molecular formula is C9H21NO4P+. The zero-order valence-electron chi connectivity index (χ0n) is 9.68. The van der Waals surface area contributed by atoms with Crippen LogP contribution in [0, 0.1) is 0 Å². The molecule has 0 bridgehead atoms. The molecule has 1 N–H and O–H groups in total. The lowest BCUT2D eigenvalue weighted by atomic mass is 10.5. The molecule has 6 heteroatoms. The maximum atomic E-state index is 11.2. The SMILES string of the molecule is C=CCCOP(=O)(O)OCC[N+](C)(C)C. The zero-order valence-corrected chi connectivity index (χ0v) is 10.6. The molecule has 0 heterocycles. The van der Waals surface area contributed by atoms with Gasteiger partial charge in [-0.2, -0.15) is 0 Å². The molecular weight excluding hydrogens is 217 g/mol. The van der Waals surface area contributed by atoms with E-state index in [0.717, 1.165) is 0 Å². The van der Waals surface area contributed by atoms with E-state index in [4.69, 9.17) is 9.05 Å². The van der Waals surface area contributed by atoms with Gasteiger partial charge in [-0.3, -0.25) is 9.05 Å². The predicted molar refractivity (Wildman–Crippen MR) is 59.4 cm³/mol. The van der Waals surface area contributed by atoms with Crippen molar-refractivity contribution >= 4 is 7.82 Å². The number of rotatable bonds is 8. The van der Waals surface area contributed by atoms with Gasteiger partial charge in [0.25, 0.3) is 0 Å². The standard InChI is InChI=1S/C9H20NO4P/c1-5-6-8-13-15(11,12)14-9-7-10(2,3)4/h5H,1,6-9H2,2-4H3/p+1. The van der Waals surface area contributed by atoms with E-state index in [-0.39, 0.29) is 13.2 Å². The molecule has 5 nitrogen and oxygen atoms in total. The Morgan fingerprint density at radius 2 is 1.87 bits per heavy atom. The Morgan fingerprint density at radius 1 is 1.33 bits per heavy atom. The van der Waals surface area contributed by atoms with Gasteiger partial charge in [-0.05, 0) is 6.42 Å².